The van der Waals surface area contributed by atoms with E-state index >= 15 is 0 Å². The van der Waals surface area contributed by atoms with Gasteiger partial charge in [0.1, 0.15) is 5.01 Å². The SMILES string of the molecule is COCc1nc(CNC(C)C(C)CO)cs1. The molecule has 5 heteroatoms. The topological polar surface area (TPSA) is 54.4 Å². The highest BCUT2D eigenvalue weighted by molar-refractivity contribution is 7.09. The number of aliphatic hydroxyl groups excluding tert-OH is 1. The average molecular weight is 244 g/mol. The Morgan fingerprint density at radius 1 is 1.56 bits per heavy atom. The maximum atomic E-state index is 9.01. The zero-order valence-electron chi connectivity index (χ0n) is 10.1. The summed E-state index contributed by atoms with van der Waals surface area (Å²) in [5.74, 6) is 0.261. The van der Waals surface area contributed by atoms with E-state index < -0.39 is 0 Å². The molecule has 0 aliphatic carbocycles. The van der Waals surface area contributed by atoms with Gasteiger partial charge in [-0.2, -0.15) is 0 Å². The van der Waals surface area contributed by atoms with E-state index in [2.05, 4.69) is 17.2 Å². The van der Waals surface area contributed by atoms with Gasteiger partial charge >= 0.3 is 0 Å². The Kier molecular flexibility index (Phi) is 5.90. The van der Waals surface area contributed by atoms with Crippen molar-refractivity contribution in [3.05, 3.63) is 16.1 Å². The molecule has 1 heterocycles. The molecule has 16 heavy (non-hydrogen) atoms. The Morgan fingerprint density at radius 3 is 2.94 bits per heavy atom. The Bertz CT molecular complexity index is 304. The van der Waals surface area contributed by atoms with Crippen molar-refractivity contribution in [2.24, 2.45) is 5.92 Å². The molecule has 0 spiro atoms. The van der Waals surface area contributed by atoms with E-state index in [1.807, 2.05) is 12.3 Å². The zero-order chi connectivity index (χ0) is 12.0. The number of hydrogen-bond acceptors (Lipinski definition) is 5. The lowest BCUT2D eigenvalue weighted by atomic mass is 10.1. The van der Waals surface area contributed by atoms with Crippen LogP contribution in [0.2, 0.25) is 0 Å². The summed E-state index contributed by atoms with van der Waals surface area (Å²) in [6, 6.07) is 0.289. The zero-order valence-corrected chi connectivity index (χ0v) is 10.9. The maximum absolute atomic E-state index is 9.01. The molecule has 1 aromatic rings. The molecule has 2 unspecified atom stereocenters. The first-order chi connectivity index (χ1) is 7.67. The highest BCUT2D eigenvalue weighted by Gasteiger charge is 2.10. The van der Waals surface area contributed by atoms with Gasteiger partial charge in [-0.1, -0.05) is 6.92 Å². The molecular formula is C11H20N2O2S. The minimum absolute atomic E-state index is 0.208. The Hall–Kier alpha value is -0.490. The summed E-state index contributed by atoms with van der Waals surface area (Å²) in [6.45, 7) is 5.62. The van der Waals surface area contributed by atoms with Crippen LogP contribution < -0.4 is 5.32 Å². The predicted molar refractivity (Wildman–Crippen MR) is 65.4 cm³/mol. The quantitative estimate of drug-likeness (QED) is 0.761. The maximum Gasteiger partial charge on any atom is 0.119 e. The molecule has 0 aliphatic rings. The van der Waals surface area contributed by atoms with Crippen LogP contribution in [0.5, 0.6) is 0 Å². The smallest absolute Gasteiger partial charge is 0.119 e. The standard InChI is InChI=1S/C11H20N2O2S/c1-8(5-14)9(2)12-4-10-7-16-11(13-10)6-15-3/h7-9,12,14H,4-6H2,1-3H3. The number of nitrogens with zero attached hydrogens (tertiary/aromatic N) is 1. The van der Waals surface area contributed by atoms with Crippen molar-refractivity contribution in [2.45, 2.75) is 33.0 Å². The van der Waals surface area contributed by atoms with Crippen LogP contribution in [-0.2, 0) is 17.9 Å². The van der Waals surface area contributed by atoms with Crippen molar-refractivity contribution < 1.29 is 9.84 Å². The third kappa shape index (κ3) is 4.17. The fourth-order valence-electron chi connectivity index (χ4n) is 1.24. The number of ether oxygens (including phenoxy) is 1. The molecule has 0 aromatic carbocycles. The molecule has 0 saturated carbocycles. The molecule has 0 amide bonds. The van der Waals surface area contributed by atoms with Gasteiger partial charge in [0, 0.05) is 31.7 Å². The Labute approximate surface area is 101 Å². The van der Waals surface area contributed by atoms with E-state index in [1.54, 1.807) is 18.4 Å². The summed E-state index contributed by atoms with van der Waals surface area (Å²) in [7, 11) is 1.67. The minimum Gasteiger partial charge on any atom is -0.396 e. The summed E-state index contributed by atoms with van der Waals surface area (Å²) < 4.78 is 5.02. The van der Waals surface area contributed by atoms with Crippen LogP contribution in [0.25, 0.3) is 0 Å². The first-order valence-corrected chi connectivity index (χ1v) is 6.31. The number of methoxy groups -OCH3 is 1. The molecule has 0 fully saturated rings. The number of aromatic nitrogens is 1. The van der Waals surface area contributed by atoms with Crippen LogP contribution in [-0.4, -0.2) is 29.8 Å². The third-order valence-corrected chi connectivity index (χ3v) is 3.48. The second-order valence-electron chi connectivity index (χ2n) is 4.00. The van der Waals surface area contributed by atoms with Gasteiger partial charge in [0.2, 0.25) is 0 Å². The molecule has 0 saturated heterocycles. The van der Waals surface area contributed by atoms with Crippen LogP contribution in [0.15, 0.2) is 5.38 Å². The largest absolute Gasteiger partial charge is 0.396 e. The van der Waals surface area contributed by atoms with Gasteiger partial charge in [0.25, 0.3) is 0 Å². The van der Waals surface area contributed by atoms with E-state index in [4.69, 9.17) is 9.84 Å². The average Bonchev–Trinajstić information content (AvgIpc) is 2.73. The van der Waals surface area contributed by atoms with Gasteiger partial charge in [-0.3, -0.25) is 0 Å². The minimum atomic E-state index is 0.208. The number of thiazole rings is 1. The fraction of sp³-hybridized carbons (Fsp3) is 0.727. The summed E-state index contributed by atoms with van der Waals surface area (Å²) >= 11 is 1.61. The lowest BCUT2D eigenvalue weighted by Gasteiger charge is -2.18. The lowest BCUT2D eigenvalue weighted by molar-refractivity contribution is 0.184. The Balaban J connectivity index is 2.36. The number of nitrogens with one attached hydrogen (secondary N) is 1. The molecule has 2 N–H and O–H groups in total. The second-order valence-corrected chi connectivity index (χ2v) is 4.94. The second kappa shape index (κ2) is 6.96. The molecule has 0 bridgehead atoms. The molecule has 0 aliphatic heterocycles. The van der Waals surface area contributed by atoms with E-state index in [0.29, 0.717) is 6.61 Å². The van der Waals surface area contributed by atoms with Gasteiger partial charge in [-0.05, 0) is 12.8 Å². The van der Waals surface area contributed by atoms with Crippen molar-refractivity contribution >= 4 is 11.3 Å². The van der Waals surface area contributed by atoms with Crippen molar-refractivity contribution in [1.29, 1.82) is 0 Å². The van der Waals surface area contributed by atoms with Crippen LogP contribution in [0.3, 0.4) is 0 Å². The number of hydrogen-bond donors (Lipinski definition) is 2. The third-order valence-electron chi connectivity index (χ3n) is 2.61. The van der Waals surface area contributed by atoms with Crippen molar-refractivity contribution in [3.63, 3.8) is 0 Å². The molecule has 1 rings (SSSR count). The number of rotatable bonds is 7. The molecule has 2 atom stereocenters. The van der Waals surface area contributed by atoms with E-state index in [0.717, 1.165) is 17.2 Å². The summed E-state index contributed by atoms with van der Waals surface area (Å²) in [5, 5.41) is 15.4. The van der Waals surface area contributed by atoms with Gasteiger partial charge < -0.3 is 15.2 Å². The highest BCUT2D eigenvalue weighted by atomic mass is 32.1. The predicted octanol–water partition coefficient (Wildman–Crippen LogP) is 1.40. The summed E-state index contributed by atoms with van der Waals surface area (Å²) in [5.41, 5.74) is 1.04. The highest BCUT2D eigenvalue weighted by Crippen LogP contribution is 2.11. The van der Waals surface area contributed by atoms with Gasteiger partial charge in [0.15, 0.2) is 0 Å². The van der Waals surface area contributed by atoms with Crippen molar-refractivity contribution in [1.82, 2.24) is 10.3 Å². The normalized spacial score (nSPS) is 15.0. The monoisotopic (exact) mass is 244 g/mol. The van der Waals surface area contributed by atoms with Crippen LogP contribution in [0.1, 0.15) is 24.5 Å². The Morgan fingerprint density at radius 2 is 2.31 bits per heavy atom. The molecule has 92 valence electrons. The van der Waals surface area contributed by atoms with Gasteiger partial charge in [-0.25, -0.2) is 4.98 Å². The molecule has 0 radical (unpaired) electrons. The number of aliphatic hydroxyl groups is 1. The van der Waals surface area contributed by atoms with E-state index in [1.165, 1.54) is 0 Å². The first kappa shape index (κ1) is 13.6. The van der Waals surface area contributed by atoms with Crippen LogP contribution in [0.4, 0.5) is 0 Å². The molecular weight excluding hydrogens is 224 g/mol. The van der Waals surface area contributed by atoms with Crippen LogP contribution >= 0.6 is 11.3 Å². The lowest BCUT2D eigenvalue weighted by Crippen LogP contribution is -2.33. The fourth-order valence-corrected chi connectivity index (χ4v) is 2.01. The van der Waals surface area contributed by atoms with Gasteiger partial charge in [0.05, 0.1) is 12.3 Å². The molecule has 1 aromatic heterocycles. The van der Waals surface area contributed by atoms with E-state index in [9.17, 15) is 0 Å². The first-order valence-electron chi connectivity index (χ1n) is 5.43. The molecule has 4 nitrogen and oxygen atoms in total. The van der Waals surface area contributed by atoms with Gasteiger partial charge in [-0.15, -0.1) is 11.3 Å². The summed E-state index contributed by atoms with van der Waals surface area (Å²) in [6.07, 6.45) is 0. The van der Waals surface area contributed by atoms with Crippen molar-refractivity contribution in [3.8, 4) is 0 Å². The van der Waals surface area contributed by atoms with Crippen LogP contribution in [0, 0.1) is 5.92 Å². The van der Waals surface area contributed by atoms with E-state index in [-0.39, 0.29) is 18.6 Å². The summed E-state index contributed by atoms with van der Waals surface area (Å²) in [4.78, 5) is 4.43. The van der Waals surface area contributed by atoms with Crippen molar-refractivity contribution in [2.75, 3.05) is 13.7 Å².